The summed E-state index contributed by atoms with van der Waals surface area (Å²) >= 11 is 3.11. The average Bonchev–Trinajstić information content (AvgIpc) is 2.70. The maximum Gasteiger partial charge on any atom is 0.208 e. The van der Waals surface area contributed by atoms with Crippen LogP contribution in [0.4, 0.5) is 4.39 Å². The number of oxazole rings is 1. The second kappa shape index (κ2) is 4.12. The zero-order valence-electron chi connectivity index (χ0n) is 7.71. The SMILES string of the molecule is NCc1ncc(-c2ccc(F)c(Br)c2)o1. The standard InChI is InChI=1S/C10H8BrFN2O/c11-7-3-6(1-2-8(7)12)9-5-14-10(4-13)15-9/h1-3,5H,4,13H2. The molecule has 0 radical (unpaired) electrons. The van der Waals surface area contributed by atoms with Gasteiger partial charge in [-0.1, -0.05) is 0 Å². The van der Waals surface area contributed by atoms with Crippen LogP contribution in [-0.2, 0) is 6.54 Å². The molecule has 0 spiro atoms. The Morgan fingerprint density at radius 3 is 2.87 bits per heavy atom. The summed E-state index contributed by atoms with van der Waals surface area (Å²) < 4.78 is 18.7. The highest BCUT2D eigenvalue weighted by molar-refractivity contribution is 9.10. The van der Waals surface area contributed by atoms with Gasteiger partial charge in [-0.25, -0.2) is 9.37 Å². The van der Waals surface area contributed by atoms with Gasteiger partial charge in [0.2, 0.25) is 5.89 Å². The van der Waals surface area contributed by atoms with Crippen molar-refractivity contribution in [2.45, 2.75) is 6.54 Å². The van der Waals surface area contributed by atoms with Crippen molar-refractivity contribution in [1.82, 2.24) is 4.98 Å². The molecular weight excluding hydrogens is 263 g/mol. The second-order valence-corrected chi connectivity index (χ2v) is 3.81. The number of nitrogens with two attached hydrogens (primary N) is 1. The smallest absolute Gasteiger partial charge is 0.208 e. The summed E-state index contributed by atoms with van der Waals surface area (Å²) in [5.41, 5.74) is 6.13. The lowest BCUT2D eigenvalue weighted by Crippen LogP contribution is -1.94. The fraction of sp³-hybridized carbons (Fsp3) is 0.100. The first kappa shape index (κ1) is 10.3. The van der Waals surface area contributed by atoms with Gasteiger partial charge in [-0.15, -0.1) is 0 Å². The maximum atomic E-state index is 13.0. The molecule has 5 heteroatoms. The van der Waals surface area contributed by atoms with Gasteiger partial charge in [0.05, 0.1) is 17.2 Å². The molecule has 0 aliphatic carbocycles. The Balaban J connectivity index is 2.40. The lowest BCUT2D eigenvalue weighted by atomic mass is 10.2. The Morgan fingerprint density at radius 1 is 1.47 bits per heavy atom. The monoisotopic (exact) mass is 270 g/mol. The van der Waals surface area contributed by atoms with Crippen LogP contribution < -0.4 is 5.73 Å². The van der Waals surface area contributed by atoms with E-state index in [0.717, 1.165) is 5.56 Å². The van der Waals surface area contributed by atoms with Crippen LogP contribution in [0.2, 0.25) is 0 Å². The van der Waals surface area contributed by atoms with E-state index in [9.17, 15) is 4.39 Å². The van der Waals surface area contributed by atoms with E-state index in [2.05, 4.69) is 20.9 Å². The Hall–Kier alpha value is -1.20. The van der Waals surface area contributed by atoms with Crippen LogP contribution >= 0.6 is 15.9 Å². The van der Waals surface area contributed by atoms with Gasteiger partial charge in [0.1, 0.15) is 5.82 Å². The van der Waals surface area contributed by atoms with Crippen molar-refractivity contribution in [3.8, 4) is 11.3 Å². The van der Waals surface area contributed by atoms with E-state index in [1.54, 1.807) is 18.3 Å². The predicted molar refractivity (Wildman–Crippen MR) is 57.5 cm³/mol. The molecule has 0 bridgehead atoms. The number of halogens is 2. The molecule has 0 fully saturated rings. The number of hydrogen-bond acceptors (Lipinski definition) is 3. The van der Waals surface area contributed by atoms with Gasteiger partial charge in [-0.3, -0.25) is 0 Å². The minimum Gasteiger partial charge on any atom is -0.439 e. The molecule has 3 nitrogen and oxygen atoms in total. The van der Waals surface area contributed by atoms with Crippen LogP contribution in [-0.4, -0.2) is 4.98 Å². The number of benzene rings is 1. The zero-order valence-corrected chi connectivity index (χ0v) is 9.29. The van der Waals surface area contributed by atoms with Crippen molar-refractivity contribution in [3.63, 3.8) is 0 Å². The first-order valence-electron chi connectivity index (χ1n) is 4.31. The molecule has 2 rings (SSSR count). The first-order valence-corrected chi connectivity index (χ1v) is 5.10. The van der Waals surface area contributed by atoms with Gasteiger partial charge in [0.15, 0.2) is 5.76 Å². The minimum absolute atomic E-state index is 0.252. The molecule has 78 valence electrons. The highest BCUT2D eigenvalue weighted by Crippen LogP contribution is 2.25. The van der Waals surface area contributed by atoms with Crippen LogP contribution in [0.25, 0.3) is 11.3 Å². The summed E-state index contributed by atoms with van der Waals surface area (Å²) in [6.45, 7) is 0.252. The van der Waals surface area contributed by atoms with Gasteiger partial charge < -0.3 is 10.2 Å². The van der Waals surface area contributed by atoms with Crippen molar-refractivity contribution in [3.05, 3.63) is 40.6 Å². The van der Waals surface area contributed by atoms with Crippen molar-refractivity contribution in [2.24, 2.45) is 5.73 Å². The normalized spacial score (nSPS) is 10.6. The third-order valence-corrected chi connectivity index (χ3v) is 2.54. The van der Waals surface area contributed by atoms with Gasteiger partial charge in [0.25, 0.3) is 0 Å². The summed E-state index contributed by atoms with van der Waals surface area (Å²) in [5.74, 6) is 0.735. The van der Waals surface area contributed by atoms with Crippen LogP contribution in [0.1, 0.15) is 5.89 Å². The molecule has 1 heterocycles. The molecule has 0 aliphatic rings. The van der Waals surface area contributed by atoms with E-state index in [4.69, 9.17) is 10.2 Å². The highest BCUT2D eigenvalue weighted by Gasteiger charge is 2.07. The van der Waals surface area contributed by atoms with E-state index < -0.39 is 0 Å². The van der Waals surface area contributed by atoms with E-state index in [0.29, 0.717) is 16.1 Å². The largest absolute Gasteiger partial charge is 0.439 e. The van der Waals surface area contributed by atoms with Crippen LogP contribution in [0, 0.1) is 5.82 Å². The maximum absolute atomic E-state index is 13.0. The topological polar surface area (TPSA) is 52.0 Å². The molecule has 2 N–H and O–H groups in total. The Kier molecular flexibility index (Phi) is 2.83. The molecule has 0 atom stereocenters. The fourth-order valence-electron chi connectivity index (χ4n) is 1.19. The van der Waals surface area contributed by atoms with Crippen molar-refractivity contribution in [2.75, 3.05) is 0 Å². The van der Waals surface area contributed by atoms with E-state index in [-0.39, 0.29) is 12.4 Å². The van der Waals surface area contributed by atoms with Gasteiger partial charge in [-0.05, 0) is 34.1 Å². The summed E-state index contributed by atoms with van der Waals surface area (Å²) in [4.78, 5) is 3.96. The van der Waals surface area contributed by atoms with Gasteiger partial charge >= 0.3 is 0 Å². The lowest BCUT2D eigenvalue weighted by molar-refractivity contribution is 0.509. The predicted octanol–water partition coefficient (Wildman–Crippen LogP) is 2.70. The fourth-order valence-corrected chi connectivity index (χ4v) is 1.57. The van der Waals surface area contributed by atoms with Crippen LogP contribution in [0.15, 0.2) is 33.3 Å². The van der Waals surface area contributed by atoms with Crippen molar-refractivity contribution < 1.29 is 8.81 Å². The van der Waals surface area contributed by atoms with E-state index in [1.807, 2.05) is 0 Å². The molecular formula is C10H8BrFN2O. The van der Waals surface area contributed by atoms with Crippen LogP contribution in [0.3, 0.4) is 0 Å². The van der Waals surface area contributed by atoms with Gasteiger partial charge in [-0.2, -0.15) is 0 Å². The summed E-state index contributed by atoms with van der Waals surface area (Å²) in [7, 11) is 0. The second-order valence-electron chi connectivity index (χ2n) is 2.95. The first-order chi connectivity index (χ1) is 7.20. The van der Waals surface area contributed by atoms with Crippen molar-refractivity contribution in [1.29, 1.82) is 0 Å². The zero-order chi connectivity index (χ0) is 10.8. The molecule has 15 heavy (non-hydrogen) atoms. The number of hydrogen-bond donors (Lipinski definition) is 1. The molecule has 1 aromatic carbocycles. The Labute approximate surface area is 94.2 Å². The minimum atomic E-state index is -0.308. The third kappa shape index (κ3) is 2.08. The van der Waals surface area contributed by atoms with E-state index >= 15 is 0 Å². The summed E-state index contributed by atoms with van der Waals surface area (Å²) in [5, 5.41) is 0. The third-order valence-electron chi connectivity index (χ3n) is 1.93. The number of nitrogens with zero attached hydrogens (tertiary/aromatic N) is 1. The molecule has 0 amide bonds. The molecule has 0 aliphatic heterocycles. The molecule has 1 aromatic heterocycles. The average molecular weight is 271 g/mol. The van der Waals surface area contributed by atoms with Gasteiger partial charge in [0, 0.05) is 5.56 Å². The number of rotatable bonds is 2. The van der Waals surface area contributed by atoms with Crippen LogP contribution in [0.5, 0.6) is 0 Å². The summed E-state index contributed by atoms with van der Waals surface area (Å²) in [6, 6.07) is 4.63. The molecule has 2 aromatic rings. The Bertz CT molecular complexity index is 484. The number of aromatic nitrogens is 1. The molecule has 0 saturated heterocycles. The highest BCUT2D eigenvalue weighted by atomic mass is 79.9. The lowest BCUT2D eigenvalue weighted by Gasteiger charge is -1.98. The Morgan fingerprint density at radius 2 is 2.27 bits per heavy atom. The molecule has 0 saturated carbocycles. The summed E-state index contributed by atoms with van der Waals surface area (Å²) in [6.07, 6.45) is 1.57. The van der Waals surface area contributed by atoms with E-state index in [1.165, 1.54) is 6.07 Å². The van der Waals surface area contributed by atoms with Crippen molar-refractivity contribution >= 4 is 15.9 Å². The quantitative estimate of drug-likeness (QED) is 0.913. The molecule has 0 unspecified atom stereocenters.